The van der Waals surface area contributed by atoms with Crippen LogP contribution in [0.5, 0.6) is 0 Å². The third-order valence-corrected chi connectivity index (χ3v) is 4.93. The Hall–Kier alpha value is -1.31. The SMILES string of the molecule is CC1CCCN(CC(Cl)c2ccc(-c3ccccc3)cc2)C1. The van der Waals surface area contributed by atoms with Gasteiger partial charge in [0, 0.05) is 13.1 Å². The molecule has 0 aliphatic carbocycles. The van der Waals surface area contributed by atoms with Gasteiger partial charge >= 0.3 is 0 Å². The van der Waals surface area contributed by atoms with Crippen molar-refractivity contribution in [3.05, 3.63) is 60.2 Å². The maximum absolute atomic E-state index is 6.64. The van der Waals surface area contributed by atoms with Crippen molar-refractivity contribution in [3.8, 4) is 11.1 Å². The van der Waals surface area contributed by atoms with Crippen LogP contribution in [0.15, 0.2) is 54.6 Å². The summed E-state index contributed by atoms with van der Waals surface area (Å²) in [5.41, 5.74) is 3.73. The maximum atomic E-state index is 6.64. The van der Waals surface area contributed by atoms with E-state index in [2.05, 4.69) is 60.4 Å². The lowest BCUT2D eigenvalue weighted by Gasteiger charge is -2.32. The number of piperidine rings is 1. The highest BCUT2D eigenvalue weighted by molar-refractivity contribution is 6.21. The lowest BCUT2D eigenvalue weighted by Crippen LogP contribution is -2.36. The summed E-state index contributed by atoms with van der Waals surface area (Å²) in [4.78, 5) is 2.51. The summed E-state index contributed by atoms with van der Waals surface area (Å²) in [6.07, 6.45) is 2.66. The predicted molar refractivity (Wildman–Crippen MR) is 95.3 cm³/mol. The van der Waals surface area contributed by atoms with Gasteiger partial charge in [0.15, 0.2) is 0 Å². The lowest BCUT2D eigenvalue weighted by molar-refractivity contribution is 0.184. The highest BCUT2D eigenvalue weighted by Gasteiger charge is 2.19. The van der Waals surface area contributed by atoms with Crippen molar-refractivity contribution in [3.63, 3.8) is 0 Å². The van der Waals surface area contributed by atoms with Gasteiger partial charge in [-0.05, 0) is 42.0 Å². The fourth-order valence-corrected chi connectivity index (χ4v) is 3.64. The normalized spacial score (nSPS) is 20.7. The summed E-state index contributed by atoms with van der Waals surface area (Å²) < 4.78 is 0. The third-order valence-electron chi connectivity index (χ3n) is 4.54. The van der Waals surface area contributed by atoms with Crippen molar-refractivity contribution < 1.29 is 0 Å². The molecule has 2 unspecified atom stereocenters. The monoisotopic (exact) mass is 313 g/mol. The van der Waals surface area contributed by atoms with E-state index in [0.717, 1.165) is 12.5 Å². The van der Waals surface area contributed by atoms with Crippen molar-refractivity contribution >= 4 is 11.6 Å². The van der Waals surface area contributed by atoms with E-state index < -0.39 is 0 Å². The fourth-order valence-electron chi connectivity index (χ4n) is 3.30. The molecule has 1 saturated heterocycles. The second kappa shape index (κ2) is 7.30. The van der Waals surface area contributed by atoms with Gasteiger partial charge in [-0.2, -0.15) is 0 Å². The average molecular weight is 314 g/mol. The van der Waals surface area contributed by atoms with Crippen LogP contribution in [0.25, 0.3) is 11.1 Å². The van der Waals surface area contributed by atoms with Gasteiger partial charge in [-0.3, -0.25) is 0 Å². The molecule has 2 aromatic carbocycles. The topological polar surface area (TPSA) is 3.24 Å². The van der Waals surface area contributed by atoms with Gasteiger partial charge in [0.1, 0.15) is 0 Å². The maximum Gasteiger partial charge on any atom is 0.0712 e. The molecule has 1 aliphatic rings. The van der Waals surface area contributed by atoms with Crippen LogP contribution in [0.2, 0.25) is 0 Å². The lowest BCUT2D eigenvalue weighted by atomic mass is 9.99. The van der Waals surface area contributed by atoms with Crippen molar-refractivity contribution in [2.24, 2.45) is 5.92 Å². The first-order valence-corrected chi connectivity index (χ1v) is 8.68. The Morgan fingerprint density at radius 3 is 2.41 bits per heavy atom. The Bertz CT molecular complexity index is 578. The Morgan fingerprint density at radius 2 is 1.73 bits per heavy atom. The Morgan fingerprint density at radius 1 is 1.05 bits per heavy atom. The standard InChI is InChI=1S/C20H24ClN/c1-16-6-5-13-22(14-16)15-20(21)19-11-9-18(10-12-19)17-7-3-2-4-8-17/h2-4,7-12,16,20H,5-6,13-15H2,1H3. The van der Waals surface area contributed by atoms with E-state index in [9.17, 15) is 0 Å². The van der Waals surface area contributed by atoms with Crippen LogP contribution in [0, 0.1) is 5.92 Å². The van der Waals surface area contributed by atoms with E-state index in [1.165, 1.54) is 42.6 Å². The molecule has 2 aromatic rings. The fraction of sp³-hybridized carbons (Fsp3) is 0.400. The molecule has 0 radical (unpaired) electrons. The Balaban J connectivity index is 1.64. The van der Waals surface area contributed by atoms with Crippen molar-refractivity contribution in [1.82, 2.24) is 4.90 Å². The summed E-state index contributed by atoms with van der Waals surface area (Å²) >= 11 is 6.64. The number of alkyl halides is 1. The van der Waals surface area contributed by atoms with E-state index in [1.54, 1.807) is 0 Å². The Labute approximate surface area is 138 Å². The zero-order valence-electron chi connectivity index (χ0n) is 13.2. The van der Waals surface area contributed by atoms with E-state index in [4.69, 9.17) is 11.6 Å². The number of rotatable bonds is 4. The highest BCUT2D eigenvalue weighted by atomic mass is 35.5. The summed E-state index contributed by atoms with van der Waals surface area (Å²) in [5, 5.41) is 0.0788. The molecule has 0 spiro atoms. The first kappa shape index (κ1) is 15.6. The summed E-state index contributed by atoms with van der Waals surface area (Å²) in [5.74, 6) is 0.804. The molecule has 2 atom stereocenters. The van der Waals surface area contributed by atoms with Crippen LogP contribution in [0.3, 0.4) is 0 Å². The van der Waals surface area contributed by atoms with Crippen molar-refractivity contribution in [2.75, 3.05) is 19.6 Å². The first-order valence-electron chi connectivity index (χ1n) is 8.24. The second-order valence-electron chi connectivity index (χ2n) is 6.46. The smallest absolute Gasteiger partial charge is 0.0712 e. The summed E-state index contributed by atoms with van der Waals surface area (Å²) in [6, 6.07) is 19.2. The van der Waals surface area contributed by atoms with Gasteiger partial charge in [-0.1, -0.05) is 61.5 Å². The van der Waals surface area contributed by atoms with Gasteiger partial charge in [-0.25, -0.2) is 0 Å². The molecular formula is C20H24ClN. The van der Waals surface area contributed by atoms with E-state index in [1.807, 2.05) is 6.07 Å². The minimum Gasteiger partial charge on any atom is -0.301 e. The molecule has 1 fully saturated rings. The number of benzene rings is 2. The predicted octanol–water partition coefficient (Wildman–Crippen LogP) is 5.37. The molecule has 0 N–H and O–H groups in total. The summed E-state index contributed by atoms with van der Waals surface area (Å²) in [7, 11) is 0. The molecule has 0 saturated carbocycles. The van der Waals surface area contributed by atoms with Crippen LogP contribution >= 0.6 is 11.6 Å². The number of hydrogen-bond acceptors (Lipinski definition) is 1. The number of halogens is 1. The van der Waals surface area contributed by atoms with E-state index in [0.29, 0.717) is 0 Å². The van der Waals surface area contributed by atoms with Crippen LogP contribution in [0.4, 0.5) is 0 Å². The van der Waals surface area contributed by atoms with Crippen LogP contribution in [-0.4, -0.2) is 24.5 Å². The van der Waals surface area contributed by atoms with Gasteiger partial charge in [0.2, 0.25) is 0 Å². The van der Waals surface area contributed by atoms with Crippen molar-refractivity contribution in [2.45, 2.75) is 25.1 Å². The zero-order valence-corrected chi connectivity index (χ0v) is 14.0. The minimum absolute atomic E-state index is 0.0788. The highest BCUT2D eigenvalue weighted by Crippen LogP contribution is 2.27. The molecule has 2 heteroatoms. The molecule has 1 aliphatic heterocycles. The number of likely N-dealkylation sites (tertiary alicyclic amines) is 1. The first-order chi connectivity index (χ1) is 10.7. The number of nitrogens with zero attached hydrogens (tertiary/aromatic N) is 1. The molecule has 0 amide bonds. The second-order valence-corrected chi connectivity index (χ2v) is 6.99. The van der Waals surface area contributed by atoms with E-state index in [-0.39, 0.29) is 5.38 Å². The molecule has 22 heavy (non-hydrogen) atoms. The molecule has 1 heterocycles. The average Bonchev–Trinajstić information content (AvgIpc) is 2.56. The zero-order chi connectivity index (χ0) is 15.4. The largest absolute Gasteiger partial charge is 0.301 e. The molecule has 0 aromatic heterocycles. The van der Waals surface area contributed by atoms with Gasteiger partial charge in [-0.15, -0.1) is 11.6 Å². The van der Waals surface area contributed by atoms with Gasteiger partial charge in [0.25, 0.3) is 0 Å². The quantitative estimate of drug-likeness (QED) is 0.686. The van der Waals surface area contributed by atoms with Gasteiger partial charge in [0.05, 0.1) is 5.38 Å². The van der Waals surface area contributed by atoms with Crippen LogP contribution in [-0.2, 0) is 0 Å². The van der Waals surface area contributed by atoms with Crippen LogP contribution < -0.4 is 0 Å². The number of hydrogen-bond donors (Lipinski definition) is 0. The molecule has 0 bridgehead atoms. The third kappa shape index (κ3) is 3.91. The minimum atomic E-state index is 0.0788. The molecule has 116 valence electrons. The molecule has 3 rings (SSSR count). The van der Waals surface area contributed by atoms with Crippen molar-refractivity contribution in [1.29, 1.82) is 0 Å². The van der Waals surface area contributed by atoms with Crippen LogP contribution in [0.1, 0.15) is 30.7 Å². The Kier molecular flexibility index (Phi) is 5.17. The molecular weight excluding hydrogens is 290 g/mol. The summed E-state index contributed by atoms with van der Waals surface area (Å²) in [6.45, 7) is 5.67. The van der Waals surface area contributed by atoms with E-state index >= 15 is 0 Å². The van der Waals surface area contributed by atoms with Gasteiger partial charge < -0.3 is 4.90 Å². The molecule has 1 nitrogen and oxygen atoms in total.